The molecule has 4 heteroatoms. The van der Waals surface area contributed by atoms with E-state index in [1.54, 1.807) is 6.33 Å². The van der Waals surface area contributed by atoms with Gasteiger partial charge in [-0.3, -0.25) is 0 Å². The molecule has 3 nitrogen and oxygen atoms in total. The lowest BCUT2D eigenvalue weighted by molar-refractivity contribution is 0.636. The Hall–Kier alpha value is -0.770. The highest BCUT2D eigenvalue weighted by Gasteiger charge is 2.10. The Balaban J connectivity index is 2.79. The molecule has 0 aliphatic carbocycles. The van der Waals surface area contributed by atoms with Gasteiger partial charge in [0.15, 0.2) is 0 Å². The predicted molar refractivity (Wildman–Crippen MR) is 75.8 cm³/mol. The number of hydrogen-bond donors (Lipinski definition) is 1. The molecule has 1 unspecified atom stereocenters. The summed E-state index contributed by atoms with van der Waals surface area (Å²) in [5.74, 6) is 2.87. The van der Waals surface area contributed by atoms with Crippen molar-refractivity contribution in [1.29, 1.82) is 0 Å². The van der Waals surface area contributed by atoms with Crippen LogP contribution in [0.15, 0.2) is 11.4 Å². The van der Waals surface area contributed by atoms with E-state index in [1.165, 1.54) is 12.0 Å². The number of thioether (sulfide) groups is 1. The first-order valence-corrected chi connectivity index (χ1v) is 7.41. The van der Waals surface area contributed by atoms with Gasteiger partial charge in [0.2, 0.25) is 0 Å². The number of hydrogen-bond acceptors (Lipinski definition) is 4. The standard InChI is InChI=1S/C13H23N3S/c1-5-10(4)8-17-13-11(6-2)12(14-7-3)15-9-16-13/h9-10H,5-8H2,1-4H3,(H,14,15,16). The van der Waals surface area contributed by atoms with Gasteiger partial charge in [0.05, 0.1) is 0 Å². The summed E-state index contributed by atoms with van der Waals surface area (Å²) in [5.41, 5.74) is 1.25. The van der Waals surface area contributed by atoms with Gasteiger partial charge in [0.1, 0.15) is 17.2 Å². The molecular formula is C13H23N3S. The topological polar surface area (TPSA) is 37.8 Å². The summed E-state index contributed by atoms with van der Waals surface area (Å²) >= 11 is 1.85. The highest BCUT2D eigenvalue weighted by atomic mass is 32.2. The Labute approximate surface area is 109 Å². The normalized spacial score (nSPS) is 12.5. The van der Waals surface area contributed by atoms with Gasteiger partial charge in [0.25, 0.3) is 0 Å². The van der Waals surface area contributed by atoms with Crippen molar-refractivity contribution in [2.75, 3.05) is 17.6 Å². The van der Waals surface area contributed by atoms with E-state index < -0.39 is 0 Å². The molecule has 0 aliphatic rings. The molecule has 0 saturated heterocycles. The van der Waals surface area contributed by atoms with Crippen LogP contribution in [0.4, 0.5) is 5.82 Å². The second-order valence-corrected chi connectivity index (χ2v) is 5.22. The summed E-state index contributed by atoms with van der Waals surface area (Å²) in [5, 5.41) is 4.44. The molecule has 1 atom stereocenters. The molecule has 0 bridgehead atoms. The monoisotopic (exact) mass is 253 g/mol. The third-order valence-electron chi connectivity index (χ3n) is 2.81. The first-order valence-electron chi connectivity index (χ1n) is 6.43. The minimum atomic E-state index is 0.738. The number of aromatic nitrogens is 2. The molecule has 0 radical (unpaired) electrons. The maximum absolute atomic E-state index is 4.41. The second-order valence-electron chi connectivity index (χ2n) is 4.21. The number of anilines is 1. The van der Waals surface area contributed by atoms with Crippen LogP contribution in [0.3, 0.4) is 0 Å². The average Bonchev–Trinajstić information content (AvgIpc) is 2.36. The maximum Gasteiger partial charge on any atom is 0.133 e. The Morgan fingerprint density at radius 1 is 1.29 bits per heavy atom. The molecule has 0 amide bonds. The Morgan fingerprint density at radius 3 is 2.65 bits per heavy atom. The number of rotatable bonds is 7. The van der Waals surface area contributed by atoms with Crippen LogP contribution in [0.25, 0.3) is 0 Å². The van der Waals surface area contributed by atoms with E-state index in [1.807, 2.05) is 11.8 Å². The molecule has 1 aromatic rings. The summed E-state index contributed by atoms with van der Waals surface area (Å²) in [6.07, 6.45) is 3.86. The van der Waals surface area contributed by atoms with Crippen molar-refractivity contribution in [3.63, 3.8) is 0 Å². The molecule has 1 heterocycles. The van der Waals surface area contributed by atoms with Crippen molar-refractivity contribution in [2.45, 2.75) is 45.6 Å². The highest BCUT2D eigenvalue weighted by molar-refractivity contribution is 7.99. The molecule has 0 fully saturated rings. The third-order valence-corrected chi connectivity index (χ3v) is 4.17. The van der Waals surface area contributed by atoms with Crippen molar-refractivity contribution in [2.24, 2.45) is 5.92 Å². The molecule has 0 spiro atoms. The summed E-state index contributed by atoms with van der Waals surface area (Å²) < 4.78 is 0. The molecule has 1 rings (SSSR count). The van der Waals surface area contributed by atoms with Gasteiger partial charge in [-0.2, -0.15) is 0 Å². The van der Waals surface area contributed by atoms with Crippen molar-refractivity contribution in [1.82, 2.24) is 9.97 Å². The molecule has 0 aliphatic heterocycles. The van der Waals surface area contributed by atoms with Gasteiger partial charge in [-0.15, -0.1) is 11.8 Å². The lowest BCUT2D eigenvalue weighted by atomic mass is 10.2. The summed E-state index contributed by atoms with van der Waals surface area (Å²) in [6, 6.07) is 0. The summed E-state index contributed by atoms with van der Waals surface area (Å²) in [6.45, 7) is 9.67. The van der Waals surface area contributed by atoms with Crippen LogP contribution < -0.4 is 5.32 Å². The van der Waals surface area contributed by atoms with Gasteiger partial charge in [-0.05, 0) is 19.3 Å². The highest BCUT2D eigenvalue weighted by Crippen LogP contribution is 2.27. The van der Waals surface area contributed by atoms with E-state index in [-0.39, 0.29) is 0 Å². The zero-order valence-electron chi connectivity index (χ0n) is 11.3. The van der Waals surface area contributed by atoms with Crippen LogP contribution in [-0.2, 0) is 6.42 Å². The molecule has 17 heavy (non-hydrogen) atoms. The van der Waals surface area contributed by atoms with Crippen molar-refractivity contribution in [3.05, 3.63) is 11.9 Å². The fourth-order valence-corrected chi connectivity index (χ4v) is 2.71. The average molecular weight is 253 g/mol. The first-order chi connectivity index (χ1) is 8.22. The summed E-state index contributed by atoms with van der Waals surface area (Å²) in [4.78, 5) is 8.72. The van der Waals surface area contributed by atoms with Gasteiger partial charge in [-0.1, -0.05) is 27.2 Å². The van der Waals surface area contributed by atoms with Gasteiger partial charge in [0, 0.05) is 17.9 Å². The number of nitrogens with one attached hydrogen (secondary N) is 1. The van der Waals surface area contributed by atoms with E-state index in [2.05, 4.69) is 43.0 Å². The molecular weight excluding hydrogens is 230 g/mol. The van der Waals surface area contributed by atoms with Crippen molar-refractivity contribution in [3.8, 4) is 0 Å². The minimum Gasteiger partial charge on any atom is -0.370 e. The summed E-state index contributed by atoms with van der Waals surface area (Å²) in [7, 11) is 0. The molecule has 96 valence electrons. The van der Waals surface area contributed by atoms with Crippen LogP contribution in [0.2, 0.25) is 0 Å². The first kappa shape index (κ1) is 14.3. The quantitative estimate of drug-likeness (QED) is 0.595. The van der Waals surface area contributed by atoms with Gasteiger partial charge < -0.3 is 5.32 Å². The lowest BCUT2D eigenvalue weighted by Crippen LogP contribution is -2.06. The molecule has 1 aromatic heterocycles. The van der Waals surface area contributed by atoms with Crippen LogP contribution >= 0.6 is 11.8 Å². The van der Waals surface area contributed by atoms with E-state index in [4.69, 9.17) is 0 Å². The molecule has 0 saturated carbocycles. The van der Waals surface area contributed by atoms with E-state index in [0.717, 1.165) is 35.5 Å². The second kappa shape index (κ2) is 7.54. The van der Waals surface area contributed by atoms with Crippen LogP contribution in [0.5, 0.6) is 0 Å². The zero-order chi connectivity index (χ0) is 12.7. The van der Waals surface area contributed by atoms with E-state index >= 15 is 0 Å². The minimum absolute atomic E-state index is 0.738. The van der Waals surface area contributed by atoms with Crippen molar-refractivity contribution >= 4 is 17.6 Å². The SMILES string of the molecule is CCNc1ncnc(SCC(C)CC)c1CC. The van der Waals surface area contributed by atoms with Crippen molar-refractivity contribution < 1.29 is 0 Å². The lowest BCUT2D eigenvalue weighted by Gasteiger charge is -2.13. The predicted octanol–water partition coefficient (Wildman–Crippen LogP) is 3.61. The fraction of sp³-hybridized carbons (Fsp3) is 0.692. The van der Waals surface area contributed by atoms with Crippen LogP contribution in [0.1, 0.15) is 39.7 Å². The van der Waals surface area contributed by atoms with E-state index in [9.17, 15) is 0 Å². The van der Waals surface area contributed by atoms with Crippen LogP contribution in [-0.4, -0.2) is 22.3 Å². The third kappa shape index (κ3) is 4.19. The Kier molecular flexibility index (Phi) is 6.34. The number of nitrogens with zero attached hydrogens (tertiary/aromatic N) is 2. The molecule has 1 N–H and O–H groups in total. The Bertz CT molecular complexity index is 341. The smallest absolute Gasteiger partial charge is 0.133 e. The maximum atomic E-state index is 4.41. The van der Waals surface area contributed by atoms with Gasteiger partial charge >= 0.3 is 0 Å². The largest absolute Gasteiger partial charge is 0.370 e. The van der Waals surface area contributed by atoms with Crippen LogP contribution in [0, 0.1) is 5.92 Å². The molecule has 0 aromatic carbocycles. The van der Waals surface area contributed by atoms with Gasteiger partial charge in [-0.25, -0.2) is 9.97 Å². The van der Waals surface area contributed by atoms with E-state index in [0.29, 0.717) is 0 Å². The Morgan fingerprint density at radius 2 is 2.06 bits per heavy atom. The fourth-order valence-electron chi connectivity index (χ4n) is 1.50. The zero-order valence-corrected chi connectivity index (χ0v) is 12.1.